The van der Waals surface area contributed by atoms with Gasteiger partial charge < -0.3 is 0 Å². The first kappa shape index (κ1) is 27.5. The number of hydrogen-bond acceptors (Lipinski definition) is 1. The minimum absolute atomic E-state index is 0.00449. The first-order valence-corrected chi connectivity index (χ1v) is 11.6. The zero-order valence-corrected chi connectivity index (χ0v) is 17.8. The highest BCUT2D eigenvalue weighted by Crippen LogP contribution is 2.30. The Kier molecular flexibility index (Phi) is 15.7. The number of hydrogen-bond donors (Lipinski definition) is 0. The summed E-state index contributed by atoms with van der Waals surface area (Å²) in [5, 5.41) is 0. The Morgan fingerprint density at radius 3 is 1.26 bits per heavy atom. The fraction of sp³-hybridized carbons (Fsp3) is 1.00. The lowest BCUT2D eigenvalue weighted by molar-refractivity contribution is -0.138. The normalized spacial score (nSPS) is 15.1. The van der Waals surface area contributed by atoms with Crippen molar-refractivity contribution in [2.45, 2.75) is 76.6 Å². The SMILES string of the molecule is FC(F)(F)CCC(CCCCl)CCSCCC(CCCCl)CCC(F)(F)F. The third kappa shape index (κ3) is 19.6. The van der Waals surface area contributed by atoms with Gasteiger partial charge >= 0.3 is 12.4 Å². The molecule has 0 fully saturated rings. The van der Waals surface area contributed by atoms with Gasteiger partial charge in [0, 0.05) is 24.6 Å². The zero-order chi connectivity index (χ0) is 20.8. The number of rotatable bonds is 16. The molecule has 0 aromatic heterocycles. The van der Waals surface area contributed by atoms with Crippen molar-refractivity contribution in [3.63, 3.8) is 0 Å². The molecule has 0 N–H and O–H groups in total. The zero-order valence-electron chi connectivity index (χ0n) is 15.5. The molecule has 0 saturated carbocycles. The van der Waals surface area contributed by atoms with Gasteiger partial charge in [-0.1, -0.05) is 0 Å². The lowest BCUT2D eigenvalue weighted by Gasteiger charge is -2.19. The molecule has 0 aromatic carbocycles. The van der Waals surface area contributed by atoms with Crippen LogP contribution in [-0.4, -0.2) is 35.6 Å². The molecule has 164 valence electrons. The highest BCUT2D eigenvalue weighted by Gasteiger charge is 2.29. The molecule has 2 atom stereocenters. The number of halogens is 8. The van der Waals surface area contributed by atoms with E-state index in [0.717, 1.165) is 11.5 Å². The average Bonchev–Trinajstić information content (AvgIpc) is 2.56. The molecule has 0 nitrogen and oxygen atoms in total. The van der Waals surface area contributed by atoms with Crippen molar-refractivity contribution >= 4 is 35.0 Å². The van der Waals surface area contributed by atoms with Gasteiger partial charge in [-0.25, -0.2) is 0 Å². The summed E-state index contributed by atoms with van der Waals surface area (Å²) < 4.78 is 74.4. The van der Waals surface area contributed by atoms with Gasteiger partial charge in [-0.15, -0.1) is 23.2 Å². The van der Waals surface area contributed by atoms with Crippen LogP contribution in [0, 0.1) is 11.8 Å². The van der Waals surface area contributed by atoms with Crippen molar-refractivity contribution in [3.8, 4) is 0 Å². The Bertz CT molecular complexity index is 318. The summed E-state index contributed by atoms with van der Waals surface area (Å²) in [6.45, 7) is 0. The maximum absolute atomic E-state index is 12.4. The lowest BCUT2D eigenvalue weighted by atomic mass is 9.95. The monoisotopic (exact) mass is 462 g/mol. The van der Waals surface area contributed by atoms with Crippen LogP contribution in [0.15, 0.2) is 0 Å². The van der Waals surface area contributed by atoms with Crippen LogP contribution >= 0.6 is 35.0 Å². The van der Waals surface area contributed by atoms with Crippen LogP contribution in [0.5, 0.6) is 0 Å². The standard InChI is InChI=1S/C18H30Cl2F6S/c19-11-1-3-15(5-9-17(21,22)23)7-13-27-14-8-16(4-2-12-20)6-10-18(24,25)26/h15-16H,1-14H2. The first-order chi connectivity index (χ1) is 12.6. The Morgan fingerprint density at radius 2 is 0.963 bits per heavy atom. The third-order valence-corrected chi connectivity index (χ3v) is 6.09. The molecule has 0 heterocycles. The minimum atomic E-state index is -4.14. The quantitative estimate of drug-likeness (QED) is 0.126. The van der Waals surface area contributed by atoms with E-state index in [0.29, 0.717) is 50.3 Å². The second kappa shape index (κ2) is 15.4. The number of thioether (sulfide) groups is 1. The van der Waals surface area contributed by atoms with Crippen LogP contribution in [0.25, 0.3) is 0 Å². The van der Waals surface area contributed by atoms with Gasteiger partial charge in [-0.3, -0.25) is 0 Å². The maximum atomic E-state index is 12.4. The molecule has 27 heavy (non-hydrogen) atoms. The van der Waals surface area contributed by atoms with Crippen LogP contribution < -0.4 is 0 Å². The molecule has 0 aromatic rings. The molecular formula is C18H30Cl2F6S. The fourth-order valence-corrected chi connectivity index (χ4v) is 4.45. The molecule has 9 heteroatoms. The van der Waals surface area contributed by atoms with Crippen molar-refractivity contribution < 1.29 is 26.3 Å². The Hall–Kier alpha value is 0.510. The largest absolute Gasteiger partial charge is 0.389 e. The predicted octanol–water partition coefficient (Wildman–Crippen LogP) is 8.46. The summed E-state index contributed by atoms with van der Waals surface area (Å²) in [5.74, 6) is 2.33. The van der Waals surface area contributed by atoms with Crippen LogP contribution in [-0.2, 0) is 0 Å². The highest BCUT2D eigenvalue weighted by molar-refractivity contribution is 7.99. The van der Waals surface area contributed by atoms with Crippen LogP contribution in [0.3, 0.4) is 0 Å². The van der Waals surface area contributed by atoms with E-state index < -0.39 is 25.2 Å². The van der Waals surface area contributed by atoms with Gasteiger partial charge in [0.05, 0.1) is 0 Å². The van der Waals surface area contributed by atoms with Crippen molar-refractivity contribution in [2.75, 3.05) is 23.3 Å². The summed E-state index contributed by atoms with van der Waals surface area (Å²) in [6, 6.07) is 0. The molecule has 0 radical (unpaired) electrons. The fourth-order valence-electron chi connectivity index (χ4n) is 2.94. The number of alkyl halides is 8. The molecule has 0 aliphatic carbocycles. The van der Waals surface area contributed by atoms with Gasteiger partial charge in [-0.2, -0.15) is 38.1 Å². The van der Waals surface area contributed by atoms with E-state index >= 15 is 0 Å². The summed E-state index contributed by atoms with van der Waals surface area (Å²) in [5.41, 5.74) is 0. The molecule has 0 rings (SSSR count). The van der Waals surface area contributed by atoms with Crippen molar-refractivity contribution in [1.82, 2.24) is 0 Å². The minimum Gasteiger partial charge on any atom is -0.171 e. The van der Waals surface area contributed by atoms with Crippen LogP contribution in [0.1, 0.15) is 64.2 Å². The lowest BCUT2D eigenvalue weighted by Crippen LogP contribution is -2.13. The summed E-state index contributed by atoms with van der Waals surface area (Å²) in [6.07, 6.45) is -5.45. The van der Waals surface area contributed by atoms with E-state index in [1.807, 2.05) is 0 Å². The predicted molar refractivity (Wildman–Crippen MR) is 104 cm³/mol. The van der Waals surface area contributed by atoms with Gasteiger partial charge in [0.15, 0.2) is 0 Å². The summed E-state index contributed by atoms with van der Waals surface area (Å²) in [4.78, 5) is 0. The average molecular weight is 463 g/mol. The summed E-state index contributed by atoms with van der Waals surface area (Å²) >= 11 is 12.9. The molecule has 0 aliphatic heterocycles. The van der Waals surface area contributed by atoms with Crippen LogP contribution in [0.2, 0.25) is 0 Å². The Labute approximate surface area is 173 Å². The van der Waals surface area contributed by atoms with E-state index in [9.17, 15) is 26.3 Å². The van der Waals surface area contributed by atoms with Crippen molar-refractivity contribution in [2.24, 2.45) is 11.8 Å². The van der Waals surface area contributed by atoms with Gasteiger partial charge in [0.25, 0.3) is 0 Å². The van der Waals surface area contributed by atoms with E-state index in [2.05, 4.69) is 0 Å². The van der Waals surface area contributed by atoms with E-state index in [-0.39, 0.29) is 24.7 Å². The highest BCUT2D eigenvalue weighted by atomic mass is 35.5. The molecular weight excluding hydrogens is 433 g/mol. The second-order valence-electron chi connectivity index (χ2n) is 6.89. The van der Waals surface area contributed by atoms with Crippen molar-refractivity contribution in [1.29, 1.82) is 0 Å². The maximum Gasteiger partial charge on any atom is 0.389 e. The Balaban J connectivity index is 4.14. The topological polar surface area (TPSA) is 0 Å². The Morgan fingerprint density at radius 1 is 0.593 bits per heavy atom. The molecule has 0 bridgehead atoms. The molecule has 2 unspecified atom stereocenters. The summed E-state index contributed by atoms with van der Waals surface area (Å²) in [7, 11) is 0. The smallest absolute Gasteiger partial charge is 0.171 e. The van der Waals surface area contributed by atoms with E-state index in [4.69, 9.17) is 23.2 Å². The van der Waals surface area contributed by atoms with Gasteiger partial charge in [-0.05, 0) is 74.7 Å². The van der Waals surface area contributed by atoms with Gasteiger partial charge in [0.1, 0.15) is 0 Å². The second-order valence-corrected chi connectivity index (χ2v) is 8.87. The first-order valence-electron chi connectivity index (χ1n) is 9.40. The molecule has 0 aliphatic rings. The molecule has 0 amide bonds. The van der Waals surface area contributed by atoms with Crippen LogP contribution in [0.4, 0.5) is 26.3 Å². The third-order valence-electron chi connectivity index (χ3n) is 4.50. The molecule has 0 saturated heterocycles. The van der Waals surface area contributed by atoms with E-state index in [1.54, 1.807) is 11.8 Å². The molecule has 0 spiro atoms. The van der Waals surface area contributed by atoms with Gasteiger partial charge in [0.2, 0.25) is 0 Å². The van der Waals surface area contributed by atoms with Crippen molar-refractivity contribution in [3.05, 3.63) is 0 Å². The van der Waals surface area contributed by atoms with E-state index in [1.165, 1.54) is 0 Å².